The number of nitrogens with zero attached hydrogens (tertiary/aromatic N) is 1. The Bertz CT molecular complexity index is 396. The molecule has 5 N–H and O–H groups in total. The van der Waals surface area contributed by atoms with Crippen molar-refractivity contribution in [3.05, 3.63) is 30.1 Å². The van der Waals surface area contributed by atoms with Crippen molar-refractivity contribution in [2.45, 2.75) is 12.5 Å². The van der Waals surface area contributed by atoms with E-state index in [0.29, 0.717) is 6.54 Å². The maximum Gasteiger partial charge on any atom is 0.124 e. The summed E-state index contributed by atoms with van der Waals surface area (Å²) in [6.07, 6.45) is 0.750. The first-order valence-corrected chi connectivity index (χ1v) is 4.71. The maximum atomic E-state index is 5.90. The molecule has 1 aromatic carbocycles. The van der Waals surface area contributed by atoms with E-state index in [-0.39, 0.29) is 30.9 Å². The van der Waals surface area contributed by atoms with Crippen molar-refractivity contribution in [2.75, 3.05) is 6.54 Å². The van der Waals surface area contributed by atoms with Gasteiger partial charge in [0.05, 0.1) is 17.1 Å². The average molecular weight is 263 g/mol. The van der Waals surface area contributed by atoms with Crippen LogP contribution in [0.15, 0.2) is 24.3 Å². The van der Waals surface area contributed by atoms with Gasteiger partial charge >= 0.3 is 0 Å². The van der Waals surface area contributed by atoms with E-state index < -0.39 is 0 Å². The van der Waals surface area contributed by atoms with Crippen molar-refractivity contribution in [1.29, 1.82) is 0 Å². The van der Waals surface area contributed by atoms with Crippen molar-refractivity contribution in [2.24, 2.45) is 11.5 Å². The molecule has 1 aromatic heterocycles. The Balaban J connectivity index is 0.00000112. The number of H-pyrrole nitrogens is 1. The molecular weight excluding hydrogens is 247 g/mol. The van der Waals surface area contributed by atoms with E-state index in [1.165, 1.54) is 0 Å². The number of nitrogens with two attached hydrogens (primary N) is 2. The lowest BCUT2D eigenvalue weighted by Gasteiger charge is -2.04. The van der Waals surface area contributed by atoms with E-state index in [1.807, 2.05) is 24.3 Å². The van der Waals surface area contributed by atoms with Crippen molar-refractivity contribution >= 4 is 35.8 Å². The van der Waals surface area contributed by atoms with E-state index in [2.05, 4.69) is 9.97 Å². The van der Waals surface area contributed by atoms with Gasteiger partial charge in [0.15, 0.2) is 0 Å². The fourth-order valence-corrected chi connectivity index (χ4v) is 1.46. The third kappa shape index (κ3) is 3.09. The largest absolute Gasteiger partial charge is 0.341 e. The van der Waals surface area contributed by atoms with E-state index >= 15 is 0 Å². The standard InChI is InChI=1S/C10H14N4.2ClH/c11-6-5-7(12)10-13-8-3-1-2-4-9(8)14-10;;/h1-4,7H,5-6,11-12H2,(H,13,14);2*1H. The zero-order valence-corrected chi connectivity index (χ0v) is 10.4. The molecule has 1 heterocycles. The van der Waals surface area contributed by atoms with Gasteiger partial charge in [-0.25, -0.2) is 4.98 Å². The van der Waals surface area contributed by atoms with Gasteiger partial charge in [0.25, 0.3) is 0 Å². The van der Waals surface area contributed by atoms with Crippen LogP contribution in [0.3, 0.4) is 0 Å². The van der Waals surface area contributed by atoms with E-state index in [4.69, 9.17) is 11.5 Å². The number of nitrogens with one attached hydrogen (secondary N) is 1. The molecule has 0 bridgehead atoms. The molecule has 1 atom stereocenters. The molecule has 16 heavy (non-hydrogen) atoms. The van der Waals surface area contributed by atoms with Gasteiger partial charge in [-0.15, -0.1) is 24.8 Å². The number of fused-ring (bicyclic) bond motifs is 1. The SMILES string of the molecule is Cl.Cl.NCCC(N)c1nc2ccccc2[nH]1. The van der Waals surface area contributed by atoms with Gasteiger partial charge in [0.2, 0.25) is 0 Å². The minimum absolute atomic E-state index is 0. The van der Waals surface area contributed by atoms with Crippen LogP contribution in [0.1, 0.15) is 18.3 Å². The molecule has 1 unspecified atom stereocenters. The normalized spacial score (nSPS) is 11.6. The molecule has 0 fully saturated rings. The molecule has 0 saturated carbocycles. The summed E-state index contributed by atoms with van der Waals surface area (Å²) in [7, 11) is 0. The van der Waals surface area contributed by atoms with Crippen molar-refractivity contribution in [3.63, 3.8) is 0 Å². The number of benzene rings is 1. The molecule has 0 radical (unpaired) electrons. The average Bonchev–Trinajstić information content (AvgIpc) is 2.61. The summed E-state index contributed by atoms with van der Waals surface area (Å²) in [5, 5.41) is 0. The highest BCUT2D eigenvalue weighted by Crippen LogP contribution is 2.15. The molecule has 2 aromatic rings. The number of para-hydroxylation sites is 2. The second kappa shape index (κ2) is 6.70. The van der Waals surface area contributed by atoms with Crippen LogP contribution >= 0.6 is 24.8 Å². The second-order valence-electron chi connectivity index (χ2n) is 3.32. The fraction of sp³-hybridized carbons (Fsp3) is 0.300. The van der Waals surface area contributed by atoms with Gasteiger partial charge in [0.1, 0.15) is 5.82 Å². The van der Waals surface area contributed by atoms with Gasteiger partial charge in [-0.1, -0.05) is 12.1 Å². The molecule has 4 nitrogen and oxygen atoms in total. The summed E-state index contributed by atoms with van der Waals surface area (Å²) in [6.45, 7) is 0.582. The minimum Gasteiger partial charge on any atom is -0.341 e. The Morgan fingerprint density at radius 3 is 2.56 bits per heavy atom. The zero-order valence-electron chi connectivity index (χ0n) is 8.72. The van der Waals surface area contributed by atoms with Gasteiger partial charge in [-0.2, -0.15) is 0 Å². The summed E-state index contributed by atoms with van der Waals surface area (Å²) in [5.74, 6) is 0.816. The summed E-state index contributed by atoms with van der Waals surface area (Å²) >= 11 is 0. The Kier molecular flexibility index (Phi) is 6.36. The Morgan fingerprint density at radius 1 is 1.25 bits per heavy atom. The van der Waals surface area contributed by atoms with E-state index in [1.54, 1.807) is 0 Å². The van der Waals surface area contributed by atoms with Crippen LogP contribution in [0.4, 0.5) is 0 Å². The Morgan fingerprint density at radius 2 is 1.94 bits per heavy atom. The minimum atomic E-state index is -0.0904. The smallest absolute Gasteiger partial charge is 0.124 e. The number of hydrogen-bond donors (Lipinski definition) is 3. The lowest BCUT2D eigenvalue weighted by Crippen LogP contribution is -2.16. The van der Waals surface area contributed by atoms with Gasteiger partial charge in [-0.05, 0) is 25.1 Å². The number of halogens is 2. The summed E-state index contributed by atoms with van der Waals surface area (Å²) in [5.41, 5.74) is 13.3. The first kappa shape index (κ1) is 15.2. The predicted octanol–water partition coefficient (Wildman–Crippen LogP) is 1.76. The number of aromatic amines is 1. The number of aromatic nitrogens is 2. The highest BCUT2D eigenvalue weighted by molar-refractivity contribution is 5.85. The molecule has 2 rings (SSSR count). The second-order valence-corrected chi connectivity index (χ2v) is 3.32. The predicted molar refractivity (Wildman–Crippen MR) is 71.2 cm³/mol. The zero-order chi connectivity index (χ0) is 9.97. The molecule has 0 spiro atoms. The third-order valence-electron chi connectivity index (χ3n) is 2.24. The Hall–Kier alpha value is -0.810. The quantitative estimate of drug-likeness (QED) is 0.789. The number of imidazole rings is 1. The lowest BCUT2D eigenvalue weighted by molar-refractivity contribution is 0.630. The summed E-state index contributed by atoms with van der Waals surface area (Å²) < 4.78 is 0. The molecule has 6 heteroatoms. The Labute approximate surface area is 107 Å². The molecular formula is C10H16Cl2N4. The molecule has 0 aliphatic rings. The summed E-state index contributed by atoms with van der Waals surface area (Å²) in [6, 6.07) is 7.79. The van der Waals surface area contributed by atoms with Crippen LogP contribution in [-0.4, -0.2) is 16.5 Å². The topological polar surface area (TPSA) is 80.7 Å². The summed E-state index contributed by atoms with van der Waals surface area (Å²) in [4.78, 5) is 7.58. The lowest BCUT2D eigenvalue weighted by atomic mass is 10.2. The molecule has 90 valence electrons. The van der Waals surface area contributed by atoms with Crippen LogP contribution in [0, 0.1) is 0 Å². The van der Waals surface area contributed by atoms with E-state index in [0.717, 1.165) is 23.3 Å². The van der Waals surface area contributed by atoms with Crippen molar-refractivity contribution in [1.82, 2.24) is 9.97 Å². The number of hydrogen-bond acceptors (Lipinski definition) is 3. The van der Waals surface area contributed by atoms with Crippen LogP contribution in [0.2, 0.25) is 0 Å². The molecule has 0 aliphatic heterocycles. The molecule has 0 saturated heterocycles. The first-order chi connectivity index (χ1) is 6.81. The van der Waals surface area contributed by atoms with Crippen LogP contribution in [0.25, 0.3) is 11.0 Å². The van der Waals surface area contributed by atoms with Crippen LogP contribution < -0.4 is 11.5 Å². The highest BCUT2D eigenvalue weighted by Gasteiger charge is 2.09. The fourth-order valence-electron chi connectivity index (χ4n) is 1.46. The van der Waals surface area contributed by atoms with Gasteiger partial charge in [-0.3, -0.25) is 0 Å². The van der Waals surface area contributed by atoms with Crippen LogP contribution in [0.5, 0.6) is 0 Å². The molecule has 0 aliphatic carbocycles. The first-order valence-electron chi connectivity index (χ1n) is 4.71. The van der Waals surface area contributed by atoms with Gasteiger partial charge in [0, 0.05) is 0 Å². The monoisotopic (exact) mass is 262 g/mol. The van der Waals surface area contributed by atoms with E-state index in [9.17, 15) is 0 Å². The molecule has 0 amide bonds. The van der Waals surface area contributed by atoms with Crippen molar-refractivity contribution in [3.8, 4) is 0 Å². The maximum absolute atomic E-state index is 5.90. The highest BCUT2D eigenvalue weighted by atomic mass is 35.5. The number of rotatable bonds is 3. The van der Waals surface area contributed by atoms with Crippen molar-refractivity contribution < 1.29 is 0 Å². The van der Waals surface area contributed by atoms with Crippen LogP contribution in [-0.2, 0) is 0 Å². The van der Waals surface area contributed by atoms with Gasteiger partial charge < -0.3 is 16.5 Å². The third-order valence-corrected chi connectivity index (χ3v) is 2.24.